The van der Waals surface area contributed by atoms with Crippen molar-refractivity contribution in [1.82, 2.24) is 4.57 Å². The van der Waals surface area contributed by atoms with Crippen LogP contribution in [-0.2, 0) is 0 Å². The van der Waals surface area contributed by atoms with Crippen molar-refractivity contribution in [2.45, 2.75) is 0 Å². The third kappa shape index (κ3) is 3.56. The van der Waals surface area contributed by atoms with Crippen molar-refractivity contribution < 1.29 is 14.3 Å². The first-order valence-electron chi connectivity index (χ1n) is 7.64. The van der Waals surface area contributed by atoms with Crippen LogP contribution in [0.3, 0.4) is 0 Å². The number of carbonyl (C=O) groups is 1. The molecule has 1 heterocycles. The molecule has 8 heteroatoms. The lowest BCUT2D eigenvalue weighted by molar-refractivity contribution is 0.103. The fraction of sp³-hybridized carbons (Fsp3) is 0.111. The number of methoxy groups -OCH3 is 2. The molecule has 3 N–H and O–H groups in total. The summed E-state index contributed by atoms with van der Waals surface area (Å²) < 4.78 is 12.5. The quantitative estimate of drug-likeness (QED) is 0.644. The van der Waals surface area contributed by atoms with Gasteiger partial charge >= 0.3 is 0 Å². The summed E-state index contributed by atoms with van der Waals surface area (Å²) in [4.78, 5) is 13.0. The van der Waals surface area contributed by atoms with Gasteiger partial charge in [-0.05, 0) is 48.6 Å². The van der Waals surface area contributed by atoms with Gasteiger partial charge in [0.1, 0.15) is 22.2 Å². The van der Waals surface area contributed by atoms with Crippen LogP contribution < -0.4 is 20.5 Å². The Morgan fingerprint density at radius 3 is 2.46 bits per heavy atom. The zero-order chi connectivity index (χ0) is 18.7. The number of aromatic nitrogens is 1. The van der Waals surface area contributed by atoms with Crippen LogP contribution in [0.4, 0.5) is 11.5 Å². The topological polar surface area (TPSA) is 78.5 Å². The summed E-state index contributed by atoms with van der Waals surface area (Å²) in [7, 11) is 3.17. The lowest BCUT2D eigenvalue weighted by Gasteiger charge is -2.08. The minimum absolute atomic E-state index is 0.297. The number of rotatable bonds is 5. The van der Waals surface area contributed by atoms with Crippen molar-refractivity contribution >= 4 is 41.0 Å². The predicted molar refractivity (Wildman–Crippen MR) is 106 cm³/mol. The van der Waals surface area contributed by atoms with E-state index in [2.05, 4.69) is 5.32 Å². The van der Waals surface area contributed by atoms with Gasteiger partial charge < -0.3 is 20.5 Å². The molecule has 0 saturated carbocycles. The molecule has 3 aromatic rings. The smallest absolute Gasteiger partial charge is 0.269 e. The first-order valence-corrected chi connectivity index (χ1v) is 8.87. The maximum absolute atomic E-state index is 12.6. The van der Waals surface area contributed by atoms with Crippen LogP contribution in [-0.4, -0.2) is 24.7 Å². The molecule has 3 rings (SSSR count). The summed E-state index contributed by atoms with van der Waals surface area (Å²) in [5.41, 5.74) is 7.59. The Balaban J connectivity index is 1.91. The minimum Gasteiger partial charge on any atom is -0.497 e. The van der Waals surface area contributed by atoms with Gasteiger partial charge in [0, 0.05) is 17.4 Å². The molecule has 0 unspecified atom stereocenters. The number of hydrogen-bond acceptors (Lipinski definition) is 6. The van der Waals surface area contributed by atoms with Crippen LogP contribution in [0.5, 0.6) is 11.5 Å². The molecule has 0 aliphatic carbocycles. The number of anilines is 2. The highest BCUT2D eigenvalue weighted by molar-refractivity contribution is 7.73. The van der Waals surface area contributed by atoms with E-state index in [1.54, 1.807) is 43.1 Å². The van der Waals surface area contributed by atoms with Gasteiger partial charge in [0.25, 0.3) is 5.91 Å². The summed E-state index contributed by atoms with van der Waals surface area (Å²) in [6.45, 7) is 0. The molecule has 1 amide bonds. The van der Waals surface area contributed by atoms with Crippen LogP contribution in [0.25, 0.3) is 5.69 Å². The zero-order valence-electron chi connectivity index (χ0n) is 14.2. The van der Waals surface area contributed by atoms with Crippen molar-refractivity contribution in [3.8, 4) is 17.2 Å². The molecule has 26 heavy (non-hydrogen) atoms. The van der Waals surface area contributed by atoms with Gasteiger partial charge in [0.05, 0.1) is 14.2 Å². The van der Waals surface area contributed by atoms with E-state index in [0.717, 1.165) is 22.8 Å². The number of nitrogens with two attached hydrogens (primary N) is 1. The van der Waals surface area contributed by atoms with Crippen LogP contribution in [0, 0.1) is 3.95 Å². The lowest BCUT2D eigenvalue weighted by atomic mass is 10.3. The first kappa shape index (κ1) is 18.0. The largest absolute Gasteiger partial charge is 0.497 e. The number of amides is 1. The highest BCUT2D eigenvalue weighted by atomic mass is 32.1. The molecule has 0 aliphatic rings. The average Bonchev–Trinajstić information content (AvgIpc) is 2.96. The molecule has 0 radical (unpaired) electrons. The Morgan fingerprint density at radius 2 is 1.81 bits per heavy atom. The Morgan fingerprint density at radius 1 is 1.12 bits per heavy atom. The number of thiazole rings is 1. The van der Waals surface area contributed by atoms with E-state index in [4.69, 9.17) is 27.4 Å². The average molecular weight is 387 g/mol. The summed E-state index contributed by atoms with van der Waals surface area (Å²) in [5.74, 6) is 1.36. The molecular formula is C18H17N3O3S2. The van der Waals surface area contributed by atoms with Crippen LogP contribution >= 0.6 is 23.6 Å². The Hall–Kier alpha value is -2.84. The van der Waals surface area contributed by atoms with E-state index in [1.165, 1.54) is 0 Å². The van der Waals surface area contributed by atoms with E-state index in [-0.39, 0.29) is 5.91 Å². The van der Waals surface area contributed by atoms with E-state index in [0.29, 0.717) is 26.1 Å². The van der Waals surface area contributed by atoms with E-state index < -0.39 is 0 Å². The van der Waals surface area contributed by atoms with Gasteiger partial charge in [0.2, 0.25) is 0 Å². The molecule has 0 bridgehead atoms. The number of ether oxygens (including phenoxy) is 2. The SMILES string of the molecule is COc1ccc(-n2c(N)c(C(=O)Nc3cccc(OC)c3)sc2=S)cc1. The first-order chi connectivity index (χ1) is 12.5. The minimum atomic E-state index is -0.320. The number of benzene rings is 2. The van der Waals surface area contributed by atoms with Gasteiger partial charge in [-0.2, -0.15) is 0 Å². The van der Waals surface area contributed by atoms with Crippen LogP contribution in [0.2, 0.25) is 0 Å². The van der Waals surface area contributed by atoms with Gasteiger partial charge in [-0.1, -0.05) is 17.4 Å². The molecule has 0 atom stereocenters. The second kappa shape index (κ2) is 7.59. The van der Waals surface area contributed by atoms with Gasteiger partial charge in [-0.25, -0.2) is 0 Å². The van der Waals surface area contributed by atoms with Crippen LogP contribution in [0.1, 0.15) is 9.67 Å². The number of nitrogens with zero attached hydrogens (tertiary/aromatic N) is 1. The third-order valence-electron chi connectivity index (χ3n) is 3.71. The van der Waals surface area contributed by atoms with Crippen molar-refractivity contribution in [1.29, 1.82) is 0 Å². The summed E-state index contributed by atoms with van der Waals surface area (Å²) in [6, 6.07) is 14.4. The molecular weight excluding hydrogens is 370 g/mol. The third-order valence-corrected chi connectivity index (χ3v) is 5.10. The fourth-order valence-corrected chi connectivity index (χ4v) is 3.68. The molecule has 0 fully saturated rings. The Labute approximate surface area is 159 Å². The number of nitrogen functional groups attached to an aromatic ring is 1. The molecule has 0 aliphatic heterocycles. The second-order valence-electron chi connectivity index (χ2n) is 5.30. The van der Waals surface area contributed by atoms with Crippen molar-refractivity contribution in [3.63, 3.8) is 0 Å². The number of carbonyl (C=O) groups excluding carboxylic acids is 1. The molecule has 1 aromatic heterocycles. The Kier molecular flexibility index (Phi) is 5.24. The lowest BCUT2D eigenvalue weighted by Crippen LogP contribution is -2.13. The van der Waals surface area contributed by atoms with Crippen molar-refractivity contribution in [3.05, 3.63) is 57.4 Å². The van der Waals surface area contributed by atoms with Crippen LogP contribution in [0.15, 0.2) is 48.5 Å². The summed E-state index contributed by atoms with van der Waals surface area (Å²) >= 11 is 6.56. The normalized spacial score (nSPS) is 10.4. The summed E-state index contributed by atoms with van der Waals surface area (Å²) in [5, 5.41) is 2.82. The molecule has 134 valence electrons. The molecule has 6 nitrogen and oxygen atoms in total. The number of nitrogens with one attached hydrogen (secondary N) is 1. The maximum atomic E-state index is 12.6. The standard InChI is InChI=1S/C18H17N3O3S2/c1-23-13-8-6-12(7-9-13)21-16(19)15(26-18(21)25)17(22)20-11-4-3-5-14(10-11)24-2/h3-10H,19H2,1-2H3,(H,20,22). The number of hydrogen-bond donors (Lipinski definition) is 2. The molecule has 0 spiro atoms. The Bertz CT molecular complexity index is 994. The highest BCUT2D eigenvalue weighted by Gasteiger charge is 2.18. The van der Waals surface area contributed by atoms with E-state index in [1.807, 2.05) is 24.3 Å². The van der Waals surface area contributed by atoms with Crippen molar-refractivity contribution in [2.75, 3.05) is 25.3 Å². The van der Waals surface area contributed by atoms with Gasteiger partial charge in [0.15, 0.2) is 3.95 Å². The predicted octanol–water partition coefficient (Wildman–Crippen LogP) is 4.12. The van der Waals surface area contributed by atoms with Gasteiger partial charge in [-0.3, -0.25) is 9.36 Å². The maximum Gasteiger partial charge on any atom is 0.269 e. The molecule has 0 saturated heterocycles. The van der Waals surface area contributed by atoms with E-state index in [9.17, 15) is 4.79 Å². The summed E-state index contributed by atoms with van der Waals surface area (Å²) in [6.07, 6.45) is 0. The van der Waals surface area contributed by atoms with E-state index >= 15 is 0 Å². The van der Waals surface area contributed by atoms with Gasteiger partial charge in [-0.15, -0.1) is 0 Å². The zero-order valence-corrected chi connectivity index (χ0v) is 15.8. The van der Waals surface area contributed by atoms with Crippen molar-refractivity contribution in [2.24, 2.45) is 0 Å². The highest BCUT2D eigenvalue weighted by Crippen LogP contribution is 2.28. The fourth-order valence-electron chi connectivity index (χ4n) is 2.41. The molecule has 2 aromatic carbocycles. The second-order valence-corrected chi connectivity index (χ2v) is 6.95. The monoisotopic (exact) mass is 387 g/mol.